The first-order chi connectivity index (χ1) is 8.77. The Morgan fingerprint density at radius 3 is 2.58 bits per heavy atom. The quantitative estimate of drug-likeness (QED) is 0.779. The number of nitrogens with zero attached hydrogens (tertiary/aromatic N) is 2. The number of hydrogen-bond acceptors (Lipinski definition) is 2. The second kappa shape index (κ2) is 5.29. The molecule has 0 spiro atoms. The van der Waals surface area contributed by atoms with Gasteiger partial charge in [0.15, 0.2) is 0 Å². The zero-order valence-electron chi connectivity index (χ0n) is 11.4. The van der Waals surface area contributed by atoms with E-state index in [4.69, 9.17) is 23.2 Å². The summed E-state index contributed by atoms with van der Waals surface area (Å²) in [5, 5.41) is 0.744. The van der Waals surface area contributed by atoms with Gasteiger partial charge in [0.25, 0.3) is 0 Å². The first kappa shape index (κ1) is 14.6. The Bertz CT molecular complexity index is 497. The van der Waals surface area contributed by atoms with Gasteiger partial charge in [0.1, 0.15) is 10.3 Å². The molecule has 0 bridgehead atoms. The van der Waals surface area contributed by atoms with Crippen LogP contribution >= 0.6 is 23.2 Å². The topological polar surface area (TPSA) is 33.2 Å². The smallest absolute Gasteiger partial charge is 0.223 e. The molecule has 104 valence electrons. The minimum Gasteiger partial charge on any atom is -0.338 e. The van der Waals surface area contributed by atoms with Crippen LogP contribution in [0.5, 0.6) is 0 Å². The molecule has 2 heterocycles. The van der Waals surface area contributed by atoms with Gasteiger partial charge in [-0.15, -0.1) is 0 Å². The molecule has 1 unspecified atom stereocenters. The van der Waals surface area contributed by atoms with Crippen LogP contribution < -0.4 is 0 Å². The van der Waals surface area contributed by atoms with E-state index >= 15 is 0 Å². The zero-order valence-corrected chi connectivity index (χ0v) is 12.9. The van der Waals surface area contributed by atoms with Crippen molar-refractivity contribution in [2.75, 3.05) is 6.54 Å². The van der Waals surface area contributed by atoms with Crippen molar-refractivity contribution in [2.45, 2.75) is 33.7 Å². The minimum atomic E-state index is 0.145. The summed E-state index contributed by atoms with van der Waals surface area (Å²) < 4.78 is 0. The third kappa shape index (κ3) is 3.40. The summed E-state index contributed by atoms with van der Waals surface area (Å²) in [5.41, 5.74) is 0.987. The molecule has 1 atom stereocenters. The summed E-state index contributed by atoms with van der Waals surface area (Å²) in [7, 11) is 0. The number of halogens is 2. The highest BCUT2D eigenvalue weighted by atomic mass is 35.5. The Labute approximate surface area is 123 Å². The molecule has 1 amide bonds. The summed E-state index contributed by atoms with van der Waals surface area (Å²) in [6, 6.07) is 3.53. The summed E-state index contributed by atoms with van der Waals surface area (Å²) >= 11 is 11.8. The van der Waals surface area contributed by atoms with E-state index in [-0.39, 0.29) is 11.3 Å². The van der Waals surface area contributed by atoms with Crippen LogP contribution in [0.4, 0.5) is 0 Å². The van der Waals surface area contributed by atoms with E-state index in [9.17, 15) is 4.79 Å². The summed E-state index contributed by atoms with van der Waals surface area (Å²) in [6.07, 6.45) is 0.613. The van der Waals surface area contributed by atoms with Crippen LogP contribution in [0.1, 0.15) is 32.8 Å². The normalized spacial score (nSPS) is 20.2. The first-order valence-electron chi connectivity index (χ1n) is 6.36. The van der Waals surface area contributed by atoms with E-state index in [1.54, 1.807) is 6.07 Å². The molecule has 1 aromatic rings. The Morgan fingerprint density at radius 2 is 2.05 bits per heavy atom. The predicted molar refractivity (Wildman–Crippen MR) is 77.2 cm³/mol. The van der Waals surface area contributed by atoms with Gasteiger partial charge in [-0.2, -0.15) is 0 Å². The molecular formula is C14H18Cl2N2O. The van der Waals surface area contributed by atoms with Crippen LogP contribution in [0.2, 0.25) is 10.3 Å². The van der Waals surface area contributed by atoms with Gasteiger partial charge >= 0.3 is 0 Å². The highest BCUT2D eigenvalue weighted by Crippen LogP contribution is 2.35. The number of carbonyl (C=O) groups is 1. The summed E-state index contributed by atoms with van der Waals surface area (Å²) in [4.78, 5) is 17.9. The second-order valence-corrected chi connectivity index (χ2v) is 6.87. The van der Waals surface area contributed by atoms with Crippen LogP contribution in [0.15, 0.2) is 12.1 Å². The van der Waals surface area contributed by atoms with E-state index in [2.05, 4.69) is 25.8 Å². The van der Waals surface area contributed by atoms with Crippen LogP contribution in [0.25, 0.3) is 0 Å². The maximum atomic E-state index is 12.1. The Balaban J connectivity index is 2.10. The fourth-order valence-corrected chi connectivity index (χ4v) is 2.67. The van der Waals surface area contributed by atoms with E-state index in [1.165, 1.54) is 0 Å². The van der Waals surface area contributed by atoms with Crippen molar-refractivity contribution in [3.05, 3.63) is 28.0 Å². The molecule has 0 saturated carbocycles. The Hall–Kier alpha value is -0.800. The average Bonchev–Trinajstić information content (AvgIpc) is 2.64. The lowest BCUT2D eigenvalue weighted by molar-refractivity contribution is -0.128. The molecule has 0 N–H and O–H groups in total. The molecule has 5 heteroatoms. The van der Waals surface area contributed by atoms with E-state index in [0.717, 1.165) is 12.1 Å². The molecule has 19 heavy (non-hydrogen) atoms. The molecule has 1 aliphatic rings. The Morgan fingerprint density at radius 1 is 1.37 bits per heavy atom. The largest absolute Gasteiger partial charge is 0.338 e. The van der Waals surface area contributed by atoms with Crippen LogP contribution in [-0.4, -0.2) is 22.3 Å². The minimum absolute atomic E-state index is 0.145. The van der Waals surface area contributed by atoms with Crippen LogP contribution in [0.3, 0.4) is 0 Å². The highest BCUT2D eigenvalue weighted by Gasteiger charge is 2.36. The number of pyridine rings is 1. The second-order valence-electron chi connectivity index (χ2n) is 6.13. The van der Waals surface area contributed by atoms with E-state index in [0.29, 0.717) is 29.2 Å². The van der Waals surface area contributed by atoms with Crippen molar-refractivity contribution in [3.8, 4) is 0 Å². The van der Waals surface area contributed by atoms with Gasteiger partial charge in [-0.25, -0.2) is 4.98 Å². The van der Waals surface area contributed by atoms with Crippen LogP contribution in [-0.2, 0) is 11.3 Å². The SMILES string of the molecule is CC(C)(C)C1CC(=O)N(Cc2ccc(Cl)nc2Cl)C1. The molecule has 0 aromatic carbocycles. The monoisotopic (exact) mass is 300 g/mol. The standard InChI is InChI=1S/C14H18Cl2N2O/c1-14(2,3)10-6-12(19)18(8-10)7-9-4-5-11(15)17-13(9)16/h4-5,10H,6-8H2,1-3H3. The van der Waals surface area contributed by atoms with Crippen molar-refractivity contribution >= 4 is 29.1 Å². The van der Waals surface area contributed by atoms with Gasteiger partial charge in [0.2, 0.25) is 5.91 Å². The lowest BCUT2D eigenvalue weighted by Gasteiger charge is -2.26. The number of carbonyl (C=O) groups excluding carboxylic acids is 1. The molecule has 2 rings (SSSR count). The highest BCUT2D eigenvalue weighted by molar-refractivity contribution is 6.32. The molecule has 0 radical (unpaired) electrons. The van der Waals surface area contributed by atoms with Crippen molar-refractivity contribution in [3.63, 3.8) is 0 Å². The summed E-state index contributed by atoms with van der Waals surface area (Å²) in [5.74, 6) is 0.574. The molecular weight excluding hydrogens is 283 g/mol. The summed E-state index contributed by atoms with van der Waals surface area (Å²) in [6.45, 7) is 7.80. The van der Waals surface area contributed by atoms with Crippen molar-refractivity contribution in [1.82, 2.24) is 9.88 Å². The van der Waals surface area contributed by atoms with Gasteiger partial charge < -0.3 is 4.90 Å². The molecule has 1 aromatic heterocycles. The maximum absolute atomic E-state index is 12.1. The molecule has 1 aliphatic heterocycles. The van der Waals surface area contributed by atoms with E-state index < -0.39 is 0 Å². The van der Waals surface area contributed by atoms with Gasteiger partial charge in [-0.1, -0.05) is 50.0 Å². The van der Waals surface area contributed by atoms with Gasteiger partial charge in [0, 0.05) is 25.1 Å². The first-order valence-corrected chi connectivity index (χ1v) is 7.11. The Kier molecular flexibility index (Phi) is 4.07. The molecule has 1 saturated heterocycles. The van der Waals surface area contributed by atoms with Crippen molar-refractivity contribution in [1.29, 1.82) is 0 Å². The molecule has 1 fully saturated rings. The van der Waals surface area contributed by atoms with Gasteiger partial charge in [-0.3, -0.25) is 4.79 Å². The maximum Gasteiger partial charge on any atom is 0.223 e. The number of likely N-dealkylation sites (tertiary alicyclic amines) is 1. The van der Waals surface area contributed by atoms with Crippen molar-refractivity contribution in [2.24, 2.45) is 11.3 Å². The molecule has 0 aliphatic carbocycles. The van der Waals surface area contributed by atoms with Gasteiger partial charge in [-0.05, 0) is 17.4 Å². The fourth-order valence-electron chi connectivity index (χ4n) is 2.27. The lowest BCUT2D eigenvalue weighted by atomic mass is 9.80. The number of rotatable bonds is 2. The van der Waals surface area contributed by atoms with Crippen LogP contribution in [0, 0.1) is 11.3 Å². The van der Waals surface area contributed by atoms with Gasteiger partial charge in [0.05, 0.1) is 0 Å². The number of hydrogen-bond donors (Lipinski definition) is 0. The van der Waals surface area contributed by atoms with E-state index in [1.807, 2.05) is 11.0 Å². The lowest BCUT2D eigenvalue weighted by Crippen LogP contribution is -2.27. The predicted octanol–water partition coefficient (Wildman–Crippen LogP) is 3.78. The average molecular weight is 301 g/mol. The molecule has 3 nitrogen and oxygen atoms in total. The third-order valence-electron chi connectivity index (χ3n) is 3.69. The zero-order chi connectivity index (χ0) is 14.2. The van der Waals surface area contributed by atoms with Crippen molar-refractivity contribution < 1.29 is 4.79 Å². The fraction of sp³-hybridized carbons (Fsp3) is 0.571. The third-order valence-corrected chi connectivity index (χ3v) is 4.23. The number of amides is 1. The number of aromatic nitrogens is 1.